The Bertz CT molecular complexity index is 259. The van der Waals surface area contributed by atoms with E-state index in [9.17, 15) is 0 Å². The van der Waals surface area contributed by atoms with Crippen molar-refractivity contribution < 1.29 is 0 Å². The van der Waals surface area contributed by atoms with Crippen molar-refractivity contribution in [1.82, 2.24) is 9.80 Å². The summed E-state index contributed by atoms with van der Waals surface area (Å²) in [7, 11) is 0. The highest BCUT2D eigenvalue weighted by Crippen LogP contribution is 2.25. The van der Waals surface area contributed by atoms with Gasteiger partial charge in [0.25, 0.3) is 0 Å². The SMILES string of the molecule is CCN(CCN=C(N)N1CCSCC1)C1CC1. The van der Waals surface area contributed by atoms with Gasteiger partial charge in [-0.1, -0.05) is 6.92 Å². The molecule has 0 radical (unpaired) electrons. The number of hydrogen-bond acceptors (Lipinski definition) is 3. The zero-order valence-corrected chi connectivity index (χ0v) is 11.6. The van der Waals surface area contributed by atoms with Crippen molar-refractivity contribution >= 4 is 17.7 Å². The molecule has 0 spiro atoms. The van der Waals surface area contributed by atoms with Crippen LogP contribution in [-0.4, -0.2) is 66.0 Å². The first-order valence-electron chi connectivity index (χ1n) is 6.68. The van der Waals surface area contributed by atoms with E-state index in [0.29, 0.717) is 0 Å². The molecule has 17 heavy (non-hydrogen) atoms. The number of aliphatic imine (C=N–C) groups is 1. The minimum atomic E-state index is 0.747. The molecular weight excluding hydrogens is 232 g/mol. The standard InChI is InChI=1S/C12H24N4S/c1-2-15(11-3-4-11)6-5-14-12(13)16-7-9-17-10-8-16/h11H,2-10H2,1H3,(H2,13,14). The van der Waals surface area contributed by atoms with E-state index >= 15 is 0 Å². The minimum absolute atomic E-state index is 0.747. The molecule has 0 aromatic heterocycles. The summed E-state index contributed by atoms with van der Waals surface area (Å²) in [4.78, 5) is 9.24. The Kier molecular flexibility index (Phi) is 4.98. The van der Waals surface area contributed by atoms with Gasteiger partial charge >= 0.3 is 0 Å². The van der Waals surface area contributed by atoms with E-state index in [1.807, 2.05) is 11.8 Å². The molecular formula is C12H24N4S. The molecule has 0 atom stereocenters. The largest absolute Gasteiger partial charge is 0.370 e. The van der Waals surface area contributed by atoms with Gasteiger partial charge in [0.05, 0.1) is 6.54 Å². The summed E-state index contributed by atoms with van der Waals surface area (Å²) in [6, 6.07) is 0.836. The van der Waals surface area contributed by atoms with Crippen molar-refractivity contribution in [3.8, 4) is 0 Å². The van der Waals surface area contributed by atoms with Crippen molar-refractivity contribution in [3.05, 3.63) is 0 Å². The molecule has 1 aliphatic carbocycles. The van der Waals surface area contributed by atoms with E-state index in [1.165, 1.54) is 24.3 Å². The van der Waals surface area contributed by atoms with Crippen LogP contribution < -0.4 is 5.73 Å². The van der Waals surface area contributed by atoms with Crippen molar-refractivity contribution in [1.29, 1.82) is 0 Å². The van der Waals surface area contributed by atoms with E-state index in [-0.39, 0.29) is 0 Å². The molecule has 1 aliphatic heterocycles. The normalized spacial score (nSPS) is 22.2. The molecule has 1 saturated carbocycles. The van der Waals surface area contributed by atoms with Crippen LogP contribution in [0.25, 0.3) is 0 Å². The minimum Gasteiger partial charge on any atom is -0.370 e. The summed E-state index contributed by atoms with van der Waals surface area (Å²) < 4.78 is 0. The molecule has 2 fully saturated rings. The number of likely N-dealkylation sites (N-methyl/N-ethyl adjacent to an activating group) is 1. The smallest absolute Gasteiger partial charge is 0.191 e. The van der Waals surface area contributed by atoms with Gasteiger partial charge in [0, 0.05) is 37.2 Å². The third kappa shape index (κ3) is 4.07. The van der Waals surface area contributed by atoms with Crippen molar-refractivity contribution in [3.63, 3.8) is 0 Å². The second-order valence-electron chi connectivity index (χ2n) is 4.70. The molecule has 0 aromatic carbocycles. The quantitative estimate of drug-likeness (QED) is 0.585. The second kappa shape index (κ2) is 6.50. The van der Waals surface area contributed by atoms with Gasteiger partial charge < -0.3 is 10.6 Å². The predicted octanol–water partition coefficient (Wildman–Crippen LogP) is 0.834. The Hall–Kier alpha value is -0.420. The average molecular weight is 256 g/mol. The Morgan fingerprint density at radius 1 is 1.41 bits per heavy atom. The summed E-state index contributed by atoms with van der Waals surface area (Å²) in [6.45, 7) is 7.39. The molecule has 0 bridgehead atoms. The highest BCUT2D eigenvalue weighted by molar-refractivity contribution is 7.99. The lowest BCUT2D eigenvalue weighted by molar-refractivity contribution is 0.285. The maximum Gasteiger partial charge on any atom is 0.191 e. The predicted molar refractivity (Wildman–Crippen MR) is 75.7 cm³/mol. The van der Waals surface area contributed by atoms with Crippen LogP contribution in [-0.2, 0) is 0 Å². The third-order valence-electron chi connectivity index (χ3n) is 3.47. The molecule has 2 aliphatic rings. The number of hydrogen-bond donors (Lipinski definition) is 1. The van der Waals surface area contributed by atoms with Gasteiger partial charge in [-0.3, -0.25) is 9.89 Å². The molecule has 1 saturated heterocycles. The molecule has 1 heterocycles. The Balaban J connectivity index is 1.70. The Labute approximate surface area is 109 Å². The van der Waals surface area contributed by atoms with Gasteiger partial charge in [0.15, 0.2) is 5.96 Å². The van der Waals surface area contributed by atoms with Gasteiger partial charge in [0.1, 0.15) is 0 Å². The number of nitrogens with zero attached hydrogens (tertiary/aromatic N) is 3. The summed E-state index contributed by atoms with van der Waals surface area (Å²) in [5.41, 5.74) is 6.02. The van der Waals surface area contributed by atoms with E-state index in [4.69, 9.17) is 5.73 Å². The van der Waals surface area contributed by atoms with E-state index < -0.39 is 0 Å². The fraction of sp³-hybridized carbons (Fsp3) is 0.917. The van der Waals surface area contributed by atoms with Gasteiger partial charge in [-0.2, -0.15) is 11.8 Å². The summed E-state index contributed by atoms with van der Waals surface area (Å²) in [5, 5.41) is 0. The highest BCUT2D eigenvalue weighted by atomic mass is 32.2. The molecule has 98 valence electrons. The summed E-state index contributed by atoms with van der Waals surface area (Å²) in [6.07, 6.45) is 2.74. The Morgan fingerprint density at radius 2 is 2.12 bits per heavy atom. The number of guanidine groups is 1. The van der Waals surface area contributed by atoms with E-state index in [1.54, 1.807) is 0 Å². The van der Waals surface area contributed by atoms with E-state index in [2.05, 4.69) is 21.7 Å². The van der Waals surface area contributed by atoms with Crippen molar-refractivity contribution in [2.24, 2.45) is 10.7 Å². The monoisotopic (exact) mass is 256 g/mol. The highest BCUT2D eigenvalue weighted by Gasteiger charge is 2.27. The molecule has 0 unspecified atom stereocenters. The number of rotatable bonds is 5. The van der Waals surface area contributed by atoms with Gasteiger partial charge in [0.2, 0.25) is 0 Å². The van der Waals surface area contributed by atoms with Gasteiger partial charge in [-0.15, -0.1) is 0 Å². The first-order chi connectivity index (χ1) is 8.31. The first-order valence-corrected chi connectivity index (χ1v) is 7.83. The maximum atomic E-state index is 6.02. The van der Waals surface area contributed by atoms with Crippen LogP contribution in [0, 0.1) is 0 Å². The lowest BCUT2D eigenvalue weighted by Crippen LogP contribution is -2.43. The van der Waals surface area contributed by atoms with Gasteiger partial charge in [-0.05, 0) is 19.4 Å². The summed E-state index contributed by atoms with van der Waals surface area (Å²) in [5.74, 6) is 3.11. The van der Waals surface area contributed by atoms with Crippen LogP contribution in [0.15, 0.2) is 4.99 Å². The van der Waals surface area contributed by atoms with Crippen molar-refractivity contribution in [2.75, 3.05) is 44.2 Å². The molecule has 4 nitrogen and oxygen atoms in total. The number of nitrogens with two attached hydrogens (primary N) is 1. The lowest BCUT2D eigenvalue weighted by atomic mass is 10.4. The molecule has 2 N–H and O–H groups in total. The third-order valence-corrected chi connectivity index (χ3v) is 4.41. The van der Waals surface area contributed by atoms with Gasteiger partial charge in [-0.25, -0.2) is 0 Å². The molecule has 2 rings (SSSR count). The summed E-state index contributed by atoms with van der Waals surface area (Å²) >= 11 is 2.00. The van der Waals surface area contributed by atoms with Crippen LogP contribution in [0.1, 0.15) is 19.8 Å². The number of thioether (sulfide) groups is 1. The maximum absolute atomic E-state index is 6.02. The van der Waals surface area contributed by atoms with Crippen molar-refractivity contribution in [2.45, 2.75) is 25.8 Å². The fourth-order valence-corrected chi connectivity index (χ4v) is 3.13. The van der Waals surface area contributed by atoms with Crippen LogP contribution in [0.5, 0.6) is 0 Å². The fourth-order valence-electron chi connectivity index (χ4n) is 2.22. The average Bonchev–Trinajstić information content (AvgIpc) is 3.20. The molecule has 0 aromatic rings. The lowest BCUT2D eigenvalue weighted by Gasteiger charge is -2.27. The zero-order chi connectivity index (χ0) is 12.1. The van der Waals surface area contributed by atoms with E-state index in [0.717, 1.165) is 44.7 Å². The van der Waals surface area contributed by atoms with Crippen LogP contribution in [0.2, 0.25) is 0 Å². The first kappa shape index (κ1) is 13.0. The van der Waals surface area contributed by atoms with Crippen LogP contribution in [0.4, 0.5) is 0 Å². The van der Waals surface area contributed by atoms with Crippen LogP contribution in [0.3, 0.4) is 0 Å². The molecule has 5 heteroatoms. The second-order valence-corrected chi connectivity index (χ2v) is 5.92. The topological polar surface area (TPSA) is 44.9 Å². The zero-order valence-electron chi connectivity index (χ0n) is 10.8. The van der Waals surface area contributed by atoms with Crippen LogP contribution >= 0.6 is 11.8 Å². The molecule has 0 amide bonds. The Morgan fingerprint density at radius 3 is 2.71 bits per heavy atom.